The second kappa shape index (κ2) is 8.19. The largest absolute Gasteiger partial charge is 0.394 e. The first kappa shape index (κ1) is 19.7. The summed E-state index contributed by atoms with van der Waals surface area (Å²) >= 11 is 0. The average Bonchev–Trinajstić information content (AvgIpc) is 3.53. The lowest BCUT2D eigenvalue weighted by atomic mass is 10.1. The molecule has 0 bridgehead atoms. The average molecular weight is 441 g/mol. The number of nitrogens with one attached hydrogen (secondary N) is 2. The van der Waals surface area contributed by atoms with E-state index >= 15 is 0 Å². The van der Waals surface area contributed by atoms with Crippen molar-refractivity contribution in [3.63, 3.8) is 0 Å². The first-order valence-corrected chi connectivity index (χ1v) is 10.9. The second-order valence-corrected chi connectivity index (χ2v) is 8.12. The van der Waals surface area contributed by atoms with Gasteiger partial charge in [0.2, 0.25) is 0 Å². The molecule has 0 radical (unpaired) electrons. The third kappa shape index (κ3) is 3.77. The maximum absolute atomic E-state index is 9.39. The summed E-state index contributed by atoms with van der Waals surface area (Å²) in [6, 6.07) is 12.3. The Labute approximate surface area is 189 Å². The molecule has 1 fully saturated rings. The van der Waals surface area contributed by atoms with Gasteiger partial charge >= 0.3 is 0 Å². The number of hydrogen-bond donors (Lipinski definition) is 3. The fourth-order valence-corrected chi connectivity index (χ4v) is 4.25. The normalized spacial score (nSPS) is 16.5. The van der Waals surface area contributed by atoms with Crippen LogP contribution in [0.15, 0.2) is 67.4 Å². The van der Waals surface area contributed by atoms with Crippen molar-refractivity contribution in [2.24, 2.45) is 0 Å². The van der Waals surface area contributed by atoms with Crippen LogP contribution < -0.4 is 10.2 Å². The highest BCUT2D eigenvalue weighted by Crippen LogP contribution is 2.29. The molecule has 0 aliphatic carbocycles. The highest BCUT2D eigenvalue weighted by atomic mass is 16.5. The van der Waals surface area contributed by atoms with Crippen LogP contribution >= 0.6 is 0 Å². The lowest BCUT2D eigenvalue weighted by molar-refractivity contribution is 0.00355. The maximum Gasteiger partial charge on any atom is 0.160 e. The molecule has 33 heavy (non-hydrogen) atoms. The van der Waals surface area contributed by atoms with Crippen LogP contribution in [0.5, 0.6) is 0 Å². The number of imidazole rings is 1. The Morgan fingerprint density at radius 2 is 2.09 bits per heavy atom. The van der Waals surface area contributed by atoms with Crippen LogP contribution in [0.3, 0.4) is 0 Å². The SMILES string of the molecule is OC[C@H]1CN(c2ccc(Nc3cc(-c4ccc5cn[nH]c5c4)cn4ccnc34)nc2)CCO1. The summed E-state index contributed by atoms with van der Waals surface area (Å²) in [4.78, 5) is 11.3. The van der Waals surface area contributed by atoms with E-state index in [1.54, 1.807) is 6.20 Å². The Balaban J connectivity index is 1.30. The van der Waals surface area contributed by atoms with Gasteiger partial charge in [-0.3, -0.25) is 5.10 Å². The van der Waals surface area contributed by atoms with Gasteiger partial charge in [-0.25, -0.2) is 9.97 Å². The van der Waals surface area contributed by atoms with E-state index in [0.29, 0.717) is 13.2 Å². The lowest BCUT2D eigenvalue weighted by Crippen LogP contribution is -2.44. The van der Waals surface area contributed by atoms with Gasteiger partial charge in [-0.15, -0.1) is 0 Å². The molecule has 166 valence electrons. The molecule has 9 heteroatoms. The Hall–Kier alpha value is -3.95. The fourth-order valence-electron chi connectivity index (χ4n) is 4.25. The van der Waals surface area contributed by atoms with E-state index in [9.17, 15) is 5.11 Å². The topological polar surface area (TPSA) is 104 Å². The van der Waals surface area contributed by atoms with E-state index in [-0.39, 0.29) is 12.7 Å². The van der Waals surface area contributed by atoms with E-state index < -0.39 is 0 Å². The number of aliphatic hydroxyl groups is 1. The van der Waals surface area contributed by atoms with Gasteiger partial charge in [-0.1, -0.05) is 12.1 Å². The zero-order chi connectivity index (χ0) is 22.2. The van der Waals surface area contributed by atoms with E-state index in [1.165, 1.54) is 0 Å². The van der Waals surface area contributed by atoms with Gasteiger partial charge < -0.3 is 24.5 Å². The van der Waals surface area contributed by atoms with E-state index in [2.05, 4.69) is 60.8 Å². The van der Waals surface area contributed by atoms with Crippen molar-refractivity contribution >= 4 is 33.7 Å². The summed E-state index contributed by atoms with van der Waals surface area (Å²) in [5, 5.41) is 21.0. The summed E-state index contributed by atoms with van der Waals surface area (Å²) in [6.45, 7) is 2.05. The number of benzene rings is 1. The molecule has 5 aromatic rings. The molecule has 5 heterocycles. The van der Waals surface area contributed by atoms with E-state index in [0.717, 1.165) is 51.4 Å². The number of ether oxygens (including phenoxy) is 1. The Kier molecular flexibility index (Phi) is 4.89. The molecular weight excluding hydrogens is 418 g/mol. The molecule has 3 N–H and O–H groups in total. The summed E-state index contributed by atoms with van der Waals surface area (Å²) in [5.74, 6) is 0.733. The molecule has 1 aliphatic heterocycles. The van der Waals surface area contributed by atoms with Crippen LogP contribution in [0.1, 0.15) is 0 Å². The lowest BCUT2D eigenvalue weighted by Gasteiger charge is -2.33. The third-order valence-corrected chi connectivity index (χ3v) is 5.98. The zero-order valence-corrected chi connectivity index (χ0v) is 17.8. The van der Waals surface area contributed by atoms with Gasteiger partial charge in [-0.2, -0.15) is 5.10 Å². The van der Waals surface area contributed by atoms with Crippen LogP contribution in [-0.4, -0.2) is 62.1 Å². The van der Waals surface area contributed by atoms with Crippen LogP contribution in [0, 0.1) is 0 Å². The van der Waals surface area contributed by atoms with Crippen LogP contribution in [0.4, 0.5) is 17.2 Å². The smallest absolute Gasteiger partial charge is 0.160 e. The molecule has 0 spiro atoms. The number of aromatic nitrogens is 5. The number of aromatic amines is 1. The number of rotatable bonds is 5. The summed E-state index contributed by atoms with van der Waals surface area (Å²) < 4.78 is 7.55. The van der Waals surface area contributed by atoms with Gasteiger partial charge in [0.1, 0.15) is 5.82 Å². The molecule has 6 rings (SSSR count). The van der Waals surface area contributed by atoms with Crippen LogP contribution in [0.25, 0.3) is 27.7 Å². The molecule has 9 nitrogen and oxygen atoms in total. The molecule has 1 atom stereocenters. The van der Waals surface area contributed by atoms with E-state index in [1.807, 2.05) is 35.1 Å². The highest BCUT2D eigenvalue weighted by Gasteiger charge is 2.20. The standard InChI is InChI=1S/C24H23N7O2/c32-15-20-14-30(7-8-33-20)19-3-4-23(26-12-19)28-22-10-18(13-31-6-5-25-24(22)31)16-1-2-17-11-27-29-21(17)9-16/h1-6,9-13,20,32H,7-8,14-15H2,(H,26,28)(H,27,29)/t20-/m1/s1. The van der Waals surface area contributed by atoms with E-state index in [4.69, 9.17) is 4.74 Å². The number of nitrogens with zero attached hydrogens (tertiary/aromatic N) is 5. The first-order chi connectivity index (χ1) is 16.3. The second-order valence-electron chi connectivity index (χ2n) is 8.12. The number of morpholine rings is 1. The number of aliphatic hydroxyl groups excluding tert-OH is 1. The van der Waals surface area contributed by atoms with Crippen molar-refractivity contribution in [1.82, 2.24) is 24.6 Å². The van der Waals surface area contributed by atoms with Crippen molar-refractivity contribution < 1.29 is 9.84 Å². The summed E-state index contributed by atoms with van der Waals surface area (Å²) in [6.07, 6.45) is 9.30. The molecule has 1 saturated heterocycles. The number of H-pyrrole nitrogens is 1. The third-order valence-electron chi connectivity index (χ3n) is 5.98. The van der Waals surface area contributed by atoms with Crippen LogP contribution in [0.2, 0.25) is 0 Å². The molecule has 1 aliphatic rings. The minimum atomic E-state index is -0.158. The van der Waals surface area contributed by atoms with Crippen molar-refractivity contribution in [3.8, 4) is 11.1 Å². The number of pyridine rings is 2. The van der Waals surface area contributed by atoms with Crippen LogP contribution in [-0.2, 0) is 4.74 Å². The van der Waals surface area contributed by atoms with Gasteiger partial charge in [0.05, 0.1) is 48.6 Å². The molecule has 0 saturated carbocycles. The quantitative estimate of drug-likeness (QED) is 0.385. The van der Waals surface area contributed by atoms with Crippen molar-refractivity contribution in [2.45, 2.75) is 6.10 Å². The number of anilines is 3. The fraction of sp³-hybridized carbons (Fsp3) is 0.208. The predicted octanol–water partition coefficient (Wildman–Crippen LogP) is 3.21. The molecule has 0 unspecified atom stereocenters. The predicted molar refractivity (Wildman–Crippen MR) is 127 cm³/mol. The molecule has 0 amide bonds. The van der Waals surface area contributed by atoms with Crippen molar-refractivity contribution in [2.75, 3.05) is 36.5 Å². The Morgan fingerprint density at radius 1 is 1.12 bits per heavy atom. The molecule has 1 aromatic carbocycles. The van der Waals surface area contributed by atoms with Crippen molar-refractivity contribution in [3.05, 3.63) is 67.4 Å². The Bertz CT molecular complexity index is 1410. The van der Waals surface area contributed by atoms with Crippen molar-refractivity contribution in [1.29, 1.82) is 0 Å². The maximum atomic E-state index is 9.39. The monoisotopic (exact) mass is 441 g/mol. The minimum absolute atomic E-state index is 0.0214. The van der Waals surface area contributed by atoms with Gasteiger partial charge in [0.25, 0.3) is 0 Å². The number of fused-ring (bicyclic) bond motifs is 2. The zero-order valence-electron chi connectivity index (χ0n) is 17.8. The molecular formula is C24H23N7O2. The highest BCUT2D eigenvalue weighted by molar-refractivity contribution is 5.86. The summed E-state index contributed by atoms with van der Waals surface area (Å²) in [5.41, 5.74) is 5.84. The first-order valence-electron chi connectivity index (χ1n) is 10.9. The molecule has 4 aromatic heterocycles. The summed E-state index contributed by atoms with van der Waals surface area (Å²) in [7, 11) is 0. The van der Waals surface area contributed by atoms with Gasteiger partial charge in [-0.05, 0) is 29.8 Å². The number of hydrogen-bond acceptors (Lipinski definition) is 7. The Morgan fingerprint density at radius 3 is 2.97 bits per heavy atom. The van der Waals surface area contributed by atoms with Gasteiger partial charge in [0.15, 0.2) is 5.65 Å². The minimum Gasteiger partial charge on any atom is -0.394 e. The van der Waals surface area contributed by atoms with Gasteiger partial charge in [0, 0.05) is 42.6 Å².